The van der Waals surface area contributed by atoms with Crippen molar-refractivity contribution in [2.45, 2.75) is 0 Å². The second-order valence-corrected chi connectivity index (χ2v) is 5.90. The van der Waals surface area contributed by atoms with Crippen LogP contribution in [0.3, 0.4) is 0 Å². The van der Waals surface area contributed by atoms with Gasteiger partial charge in [-0.2, -0.15) is 0 Å². The first kappa shape index (κ1) is 16.6. The Bertz CT molecular complexity index is 851. The van der Waals surface area contributed by atoms with E-state index in [1.165, 1.54) is 0 Å². The van der Waals surface area contributed by atoms with Crippen molar-refractivity contribution in [3.8, 4) is 22.6 Å². The van der Waals surface area contributed by atoms with E-state index in [0.717, 1.165) is 28.3 Å². The highest BCUT2D eigenvalue weighted by atomic mass is 16.5. The van der Waals surface area contributed by atoms with Gasteiger partial charge < -0.3 is 14.7 Å². The topological polar surface area (TPSA) is 49.8 Å². The third kappa shape index (κ3) is 3.98. The van der Waals surface area contributed by atoms with Crippen LogP contribution in [0.4, 0.5) is 5.69 Å². The molecule has 3 aromatic rings. The number of benzene rings is 3. The molecule has 25 heavy (non-hydrogen) atoms. The maximum Gasteiger partial charge on any atom is 0.335 e. The van der Waals surface area contributed by atoms with Crippen LogP contribution in [0.25, 0.3) is 11.1 Å². The Morgan fingerprint density at radius 1 is 0.760 bits per heavy atom. The molecule has 0 unspecified atom stereocenters. The van der Waals surface area contributed by atoms with Gasteiger partial charge in [0.2, 0.25) is 0 Å². The van der Waals surface area contributed by atoms with Crippen LogP contribution in [0, 0.1) is 0 Å². The molecule has 0 atom stereocenters. The predicted molar refractivity (Wildman–Crippen MR) is 99.7 cm³/mol. The van der Waals surface area contributed by atoms with E-state index in [2.05, 4.69) is 0 Å². The van der Waals surface area contributed by atoms with Gasteiger partial charge in [0.25, 0.3) is 0 Å². The number of rotatable bonds is 5. The maximum atomic E-state index is 10.9. The molecule has 4 heteroatoms. The van der Waals surface area contributed by atoms with Crippen LogP contribution in [-0.4, -0.2) is 25.2 Å². The molecule has 3 aromatic carbocycles. The van der Waals surface area contributed by atoms with Crippen LogP contribution in [0.5, 0.6) is 11.5 Å². The fraction of sp³-hybridized carbons (Fsp3) is 0.0952. The highest BCUT2D eigenvalue weighted by molar-refractivity contribution is 5.88. The zero-order chi connectivity index (χ0) is 17.8. The Kier molecular flexibility index (Phi) is 4.70. The highest BCUT2D eigenvalue weighted by Gasteiger charge is 2.04. The number of anilines is 1. The third-order valence-electron chi connectivity index (χ3n) is 3.91. The molecule has 126 valence electrons. The number of hydrogen-bond acceptors (Lipinski definition) is 3. The van der Waals surface area contributed by atoms with Crippen molar-refractivity contribution < 1.29 is 14.6 Å². The van der Waals surface area contributed by atoms with Gasteiger partial charge in [-0.1, -0.05) is 24.3 Å². The number of aromatic carboxylic acids is 1. The van der Waals surface area contributed by atoms with Gasteiger partial charge in [0.05, 0.1) is 5.56 Å². The zero-order valence-electron chi connectivity index (χ0n) is 14.1. The molecule has 0 heterocycles. The number of ether oxygens (including phenoxy) is 1. The van der Waals surface area contributed by atoms with E-state index in [1.54, 1.807) is 24.3 Å². The summed E-state index contributed by atoms with van der Waals surface area (Å²) < 4.78 is 5.86. The SMILES string of the molecule is CN(C)c1ccc(Oc2ccc(-c3ccc(C(=O)O)cc3)cc2)cc1. The third-order valence-corrected chi connectivity index (χ3v) is 3.91. The summed E-state index contributed by atoms with van der Waals surface area (Å²) in [5.41, 5.74) is 3.37. The summed E-state index contributed by atoms with van der Waals surface area (Å²) in [6.07, 6.45) is 0. The quantitative estimate of drug-likeness (QED) is 0.721. The molecule has 4 nitrogen and oxygen atoms in total. The number of carboxylic acid groups (broad SMARTS) is 1. The summed E-state index contributed by atoms with van der Waals surface area (Å²) in [6.45, 7) is 0. The summed E-state index contributed by atoms with van der Waals surface area (Å²) in [6, 6.07) is 22.4. The summed E-state index contributed by atoms with van der Waals surface area (Å²) in [4.78, 5) is 12.9. The van der Waals surface area contributed by atoms with E-state index in [0.29, 0.717) is 0 Å². The van der Waals surface area contributed by atoms with Crippen molar-refractivity contribution in [1.29, 1.82) is 0 Å². The normalized spacial score (nSPS) is 10.3. The monoisotopic (exact) mass is 333 g/mol. The fourth-order valence-electron chi connectivity index (χ4n) is 2.47. The lowest BCUT2D eigenvalue weighted by molar-refractivity contribution is 0.0697. The standard InChI is InChI=1S/C21H19NO3/c1-22(2)18-9-13-20(14-10-18)25-19-11-7-16(8-12-19)15-3-5-17(6-4-15)21(23)24/h3-14H,1-2H3,(H,23,24). The molecule has 3 rings (SSSR count). The lowest BCUT2D eigenvalue weighted by Gasteiger charge is -2.13. The van der Waals surface area contributed by atoms with Crippen LogP contribution >= 0.6 is 0 Å². The molecule has 0 aliphatic rings. The van der Waals surface area contributed by atoms with Crippen molar-refractivity contribution in [1.82, 2.24) is 0 Å². The molecule has 0 aromatic heterocycles. The van der Waals surface area contributed by atoms with Gasteiger partial charge in [0, 0.05) is 19.8 Å². The van der Waals surface area contributed by atoms with Crippen molar-refractivity contribution in [2.75, 3.05) is 19.0 Å². The highest BCUT2D eigenvalue weighted by Crippen LogP contribution is 2.27. The lowest BCUT2D eigenvalue weighted by atomic mass is 10.0. The summed E-state index contributed by atoms with van der Waals surface area (Å²) in [5.74, 6) is 0.614. The van der Waals surface area contributed by atoms with E-state index in [-0.39, 0.29) is 5.56 Å². The maximum absolute atomic E-state index is 10.9. The van der Waals surface area contributed by atoms with Crippen LogP contribution in [0.15, 0.2) is 72.8 Å². The summed E-state index contributed by atoms with van der Waals surface area (Å²) >= 11 is 0. The lowest BCUT2D eigenvalue weighted by Crippen LogP contribution is -2.07. The minimum absolute atomic E-state index is 0.282. The number of hydrogen-bond donors (Lipinski definition) is 1. The Labute approximate surface area is 146 Å². The molecule has 0 spiro atoms. The van der Waals surface area contributed by atoms with Crippen LogP contribution in [-0.2, 0) is 0 Å². The van der Waals surface area contributed by atoms with Crippen molar-refractivity contribution >= 4 is 11.7 Å². The molecule has 0 amide bonds. The molecule has 0 aliphatic heterocycles. The van der Waals surface area contributed by atoms with Crippen molar-refractivity contribution in [2.24, 2.45) is 0 Å². The number of carbonyl (C=O) groups is 1. The molecule has 0 fully saturated rings. The first-order valence-electron chi connectivity index (χ1n) is 7.92. The van der Waals surface area contributed by atoms with Gasteiger partial charge in [-0.15, -0.1) is 0 Å². The molecule has 1 N–H and O–H groups in total. The largest absolute Gasteiger partial charge is 0.478 e. The Morgan fingerprint density at radius 2 is 1.20 bits per heavy atom. The van der Waals surface area contributed by atoms with Crippen molar-refractivity contribution in [3.63, 3.8) is 0 Å². The fourth-order valence-corrected chi connectivity index (χ4v) is 2.47. The van der Waals surface area contributed by atoms with E-state index < -0.39 is 5.97 Å². The van der Waals surface area contributed by atoms with Crippen LogP contribution in [0.2, 0.25) is 0 Å². The summed E-state index contributed by atoms with van der Waals surface area (Å²) in [7, 11) is 4.00. The molecular formula is C21H19NO3. The van der Waals surface area contributed by atoms with Gasteiger partial charge >= 0.3 is 5.97 Å². The second kappa shape index (κ2) is 7.09. The van der Waals surface area contributed by atoms with Gasteiger partial charge in [-0.05, 0) is 59.7 Å². The minimum Gasteiger partial charge on any atom is -0.478 e. The summed E-state index contributed by atoms with van der Waals surface area (Å²) in [5, 5.41) is 8.95. The smallest absolute Gasteiger partial charge is 0.335 e. The van der Waals surface area contributed by atoms with E-state index >= 15 is 0 Å². The first-order valence-corrected chi connectivity index (χ1v) is 7.92. The first-order chi connectivity index (χ1) is 12.0. The predicted octanol–water partition coefficient (Wildman–Crippen LogP) is 4.91. The van der Waals surface area contributed by atoms with Gasteiger partial charge in [0.1, 0.15) is 11.5 Å². The van der Waals surface area contributed by atoms with E-state index in [9.17, 15) is 4.79 Å². The van der Waals surface area contributed by atoms with Crippen molar-refractivity contribution in [3.05, 3.63) is 78.4 Å². The average Bonchev–Trinajstić information content (AvgIpc) is 2.63. The molecule has 0 saturated carbocycles. The van der Waals surface area contributed by atoms with Gasteiger partial charge in [-0.3, -0.25) is 0 Å². The number of nitrogens with zero attached hydrogens (tertiary/aromatic N) is 1. The molecule has 0 aliphatic carbocycles. The van der Waals surface area contributed by atoms with E-state index in [4.69, 9.17) is 9.84 Å². The van der Waals surface area contributed by atoms with Gasteiger partial charge in [-0.25, -0.2) is 4.79 Å². The Balaban J connectivity index is 1.72. The molecule has 0 bridgehead atoms. The van der Waals surface area contributed by atoms with E-state index in [1.807, 2.05) is 67.5 Å². The second-order valence-electron chi connectivity index (χ2n) is 5.90. The van der Waals surface area contributed by atoms with Crippen LogP contribution < -0.4 is 9.64 Å². The zero-order valence-corrected chi connectivity index (χ0v) is 14.1. The minimum atomic E-state index is -0.921. The molecule has 0 saturated heterocycles. The Morgan fingerprint density at radius 3 is 1.64 bits per heavy atom. The van der Waals surface area contributed by atoms with Crippen LogP contribution in [0.1, 0.15) is 10.4 Å². The molecular weight excluding hydrogens is 314 g/mol. The Hall–Kier alpha value is -3.27. The molecule has 0 radical (unpaired) electrons. The number of carboxylic acids is 1. The van der Waals surface area contributed by atoms with Gasteiger partial charge in [0.15, 0.2) is 0 Å². The average molecular weight is 333 g/mol.